The fourth-order valence-corrected chi connectivity index (χ4v) is 5.32. The summed E-state index contributed by atoms with van der Waals surface area (Å²) in [4.78, 5) is 31.4. The summed E-state index contributed by atoms with van der Waals surface area (Å²) >= 11 is 0. The second kappa shape index (κ2) is 11.6. The van der Waals surface area contributed by atoms with Gasteiger partial charge in [-0.05, 0) is 36.6 Å². The second-order valence-electron chi connectivity index (χ2n) is 9.60. The Hall–Kier alpha value is -3.92. The van der Waals surface area contributed by atoms with E-state index in [-0.39, 0.29) is 31.2 Å². The van der Waals surface area contributed by atoms with Crippen LogP contribution in [0.2, 0.25) is 0 Å². The Morgan fingerprint density at radius 2 is 1.76 bits per heavy atom. The molecule has 9 heteroatoms. The summed E-state index contributed by atoms with van der Waals surface area (Å²) in [6, 6.07) is 22.6. The van der Waals surface area contributed by atoms with E-state index in [1.54, 1.807) is 21.9 Å². The van der Waals surface area contributed by atoms with Gasteiger partial charge in [-0.25, -0.2) is 4.79 Å². The number of aliphatic hydroxyl groups is 1. The van der Waals surface area contributed by atoms with Crippen LogP contribution in [-0.2, 0) is 17.9 Å². The van der Waals surface area contributed by atoms with E-state index in [4.69, 9.17) is 4.74 Å². The molecule has 0 unspecified atom stereocenters. The number of para-hydroxylation sites is 1. The molecule has 0 aliphatic carbocycles. The number of fused-ring (bicyclic) bond motifs is 1. The van der Waals surface area contributed by atoms with E-state index < -0.39 is 0 Å². The van der Waals surface area contributed by atoms with Crippen molar-refractivity contribution in [2.75, 3.05) is 36.0 Å². The standard InChI is InChI=1S/C29H32N4O5/c34-17-16-32(19-21-6-2-1-3-7-21)28(35)22-10-11-27(25(18-22)30-37)31-14-12-24(13-15-31)33-26-9-5-4-8-23(26)20-38-29(33)36/h1-11,18,24,34H,12-17,19-20,30H2. The number of nitrogens with two attached hydrogens (primary N) is 1. The van der Waals surface area contributed by atoms with Gasteiger partial charge < -0.3 is 30.3 Å². The number of carbonyl (C=O) groups is 2. The number of nitrogens with zero attached hydrogens (tertiary/aromatic N) is 3. The zero-order valence-electron chi connectivity index (χ0n) is 21.2. The van der Waals surface area contributed by atoms with Crippen molar-refractivity contribution in [3.05, 3.63) is 94.7 Å². The first-order chi connectivity index (χ1) is 18.6. The Labute approximate surface area is 221 Å². The van der Waals surface area contributed by atoms with Gasteiger partial charge in [0.25, 0.3) is 5.91 Å². The monoisotopic (exact) mass is 516 g/mol. The van der Waals surface area contributed by atoms with Crippen molar-refractivity contribution in [3.8, 4) is 0 Å². The number of amides is 2. The number of carbonyl (C=O) groups excluding carboxylic acids is 2. The van der Waals surface area contributed by atoms with E-state index in [0.717, 1.165) is 40.8 Å². The van der Waals surface area contributed by atoms with Gasteiger partial charge >= 0.3 is 6.09 Å². The quantitative estimate of drug-likeness (QED) is 0.351. The molecule has 3 aromatic rings. The predicted octanol–water partition coefficient (Wildman–Crippen LogP) is 3.14. The third-order valence-electron chi connectivity index (χ3n) is 7.24. The Kier molecular flexibility index (Phi) is 7.88. The smallest absolute Gasteiger partial charge is 0.414 e. The molecule has 198 valence electrons. The predicted molar refractivity (Wildman–Crippen MR) is 144 cm³/mol. The van der Waals surface area contributed by atoms with Crippen molar-refractivity contribution < 1.29 is 24.9 Å². The molecule has 0 bridgehead atoms. The van der Waals surface area contributed by atoms with Crippen LogP contribution in [0.15, 0.2) is 72.8 Å². The SMILES string of the molecule is O=C(c1ccc(N2CCC(N3C(=O)OCc4ccccc43)CC2)c([NH2+][O-])c1)N(CCO)Cc1ccccc1. The van der Waals surface area contributed by atoms with Crippen molar-refractivity contribution in [1.82, 2.24) is 4.90 Å². The van der Waals surface area contributed by atoms with Crippen molar-refractivity contribution >= 4 is 29.1 Å². The maximum Gasteiger partial charge on any atom is 0.414 e. The molecule has 2 aliphatic heterocycles. The number of anilines is 2. The number of piperidine rings is 1. The second-order valence-corrected chi connectivity index (χ2v) is 9.60. The maximum absolute atomic E-state index is 13.3. The summed E-state index contributed by atoms with van der Waals surface area (Å²) in [6.45, 7) is 2.03. The van der Waals surface area contributed by atoms with Crippen LogP contribution in [0.3, 0.4) is 0 Å². The molecule has 1 fully saturated rings. The maximum atomic E-state index is 13.3. The number of ether oxygens (including phenoxy) is 1. The van der Waals surface area contributed by atoms with E-state index in [1.807, 2.05) is 60.7 Å². The molecule has 0 saturated carbocycles. The van der Waals surface area contributed by atoms with Crippen LogP contribution in [0, 0.1) is 5.21 Å². The number of rotatable bonds is 8. The van der Waals surface area contributed by atoms with Crippen LogP contribution in [-0.4, -0.2) is 54.3 Å². The molecular formula is C29H32N4O5. The van der Waals surface area contributed by atoms with Crippen LogP contribution in [0.4, 0.5) is 21.9 Å². The molecule has 3 aromatic carbocycles. The fraction of sp³-hybridized carbons (Fsp3) is 0.310. The van der Waals surface area contributed by atoms with Gasteiger partial charge in [-0.15, -0.1) is 0 Å². The van der Waals surface area contributed by atoms with E-state index in [2.05, 4.69) is 4.90 Å². The minimum atomic E-state index is -0.318. The summed E-state index contributed by atoms with van der Waals surface area (Å²) < 4.78 is 5.40. The van der Waals surface area contributed by atoms with Gasteiger partial charge in [-0.3, -0.25) is 9.69 Å². The first-order valence-electron chi connectivity index (χ1n) is 12.9. The van der Waals surface area contributed by atoms with Gasteiger partial charge in [0.05, 0.1) is 18.0 Å². The van der Waals surface area contributed by atoms with Gasteiger partial charge in [0.1, 0.15) is 6.61 Å². The highest BCUT2D eigenvalue weighted by molar-refractivity contribution is 5.96. The number of aliphatic hydroxyl groups excluding tert-OH is 1. The summed E-state index contributed by atoms with van der Waals surface area (Å²) in [7, 11) is 0. The summed E-state index contributed by atoms with van der Waals surface area (Å²) in [6.07, 6.45) is 1.13. The molecule has 1 saturated heterocycles. The first-order valence-corrected chi connectivity index (χ1v) is 12.9. The minimum Gasteiger partial charge on any atom is -0.630 e. The van der Waals surface area contributed by atoms with E-state index in [0.29, 0.717) is 37.5 Å². The lowest BCUT2D eigenvalue weighted by atomic mass is 9.99. The van der Waals surface area contributed by atoms with Crippen molar-refractivity contribution in [3.63, 3.8) is 0 Å². The average Bonchev–Trinajstić information content (AvgIpc) is 2.97. The van der Waals surface area contributed by atoms with E-state index >= 15 is 0 Å². The van der Waals surface area contributed by atoms with E-state index in [1.165, 1.54) is 0 Å². The van der Waals surface area contributed by atoms with Gasteiger partial charge in [0, 0.05) is 49.4 Å². The van der Waals surface area contributed by atoms with Crippen LogP contribution in [0.5, 0.6) is 0 Å². The average molecular weight is 517 g/mol. The highest BCUT2D eigenvalue weighted by Crippen LogP contribution is 2.34. The molecule has 2 heterocycles. The lowest BCUT2D eigenvalue weighted by Crippen LogP contribution is -2.70. The molecule has 0 atom stereocenters. The third kappa shape index (κ3) is 5.35. The number of hydrogen-bond donors (Lipinski definition) is 2. The summed E-state index contributed by atoms with van der Waals surface area (Å²) in [5.41, 5.74) is 5.27. The Morgan fingerprint density at radius 1 is 1.03 bits per heavy atom. The molecular weight excluding hydrogens is 484 g/mol. The Balaban J connectivity index is 1.29. The first kappa shape index (κ1) is 25.7. The van der Waals surface area contributed by atoms with Crippen molar-refractivity contribution in [2.45, 2.75) is 32.0 Å². The molecule has 3 N–H and O–H groups in total. The lowest BCUT2D eigenvalue weighted by Gasteiger charge is -2.41. The summed E-state index contributed by atoms with van der Waals surface area (Å²) in [5.74, 6) is -0.237. The molecule has 0 radical (unpaired) electrons. The largest absolute Gasteiger partial charge is 0.630 e. The molecule has 0 aromatic heterocycles. The number of hydrogen-bond acceptors (Lipinski definition) is 6. The van der Waals surface area contributed by atoms with Gasteiger partial charge in [-0.2, -0.15) is 0 Å². The van der Waals surface area contributed by atoms with Crippen LogP contribution < -0.4 is 15.3 Å². The number of cyclic esters (lactones) is 1. The molecule has 2 amide bonds. The Morgan fingerprint density at radius 3 is 2.50 bits per heavy atom. The van der Waals surface area contributed by atoms with Crippen LogP contribution in [0.1, 0.15) is 34.3 Å². The van der Waals surface area contributed by atoms with Crippen LogP contribution >= 0.6 is 0 Å². The lowest BCUT2D eigenvalue weighted by molar-refractivity contribution is -0.496. The third-order valence-corrected chi connectivity index (χ3v) is 7.24. The summed E-state index contributed by atoms with van der Waals surface area (Å²) in [5, 5.41) is 21.6. The zero-order valence-corrected chi connectivity index (χ0v) is 21.2. The number of quaternary nitrogens is 1. The molecule has 5 rings (SSSR count). The Bertz CT molecular complexity index is 1280. The molecule has 2 aliphatic rings. The highest BCUT2D eigenvalue weighted by atomic mass is 16.6. The molecule has 0 spiro atoms. The van der Waals surface area contributed by atoms with Crippen molar-refractivity contribution in [2.24, 2.45) is 0 Å². The zero-order chi connectivity index (χ0) is 26.5. The van der Waals surface area contributed by atoms with Gasteiger partial charge in [-0.1, -0.05) is 48.5 Å². The van der Waals surface area contributed by atoms with Gasteiger partial charge in [0.2, 0.25) is 0 Å². The van der Waals surface area contributed by atoms with Gasteiger partial charge in [0.15, 0.2) is 5.69 Å². The topological polar surface area (TPSA) is 113 Å². The normalized spacial score (nSPS) is 15.7. The number of benzene rings is 3. The molecule has 38 heavy (non-hydrogen) atoms. The molecule has 9 nitrogen and oxygen atoms in total. The van der Waals surface area contributed by atoms with Crippen molar-refractivity contribution in [1.29, 1.82) is 0 Å². The fourth-order valence-electron chi connectivity index (χ4n) is 5.32. The minimum absolute atomic E-state index is 0.00533. The van der Waals surface area contributed by atoms with E-state index in [9.17, 15) is 19.9 Å². The van der Waals surface area contributed by atoms with Crippen LogP contribution in [0.25, 0.3) is 0 Å². The highest BCUT2D eigenvalue weighted by Gasteiger charge is 2.34.